The van der Waals surface area contributed by atoms with Crippen LogP contribution >= 0.6 is 0 Å². The average Bonchev–Trinajstić information content (AvgIpc) is 2.38. The van der Waals surface area contributed by atoms with Crippen molar-refractivity contribution in [3.63, 3.8) is 0 Å². The lowest BCUT2D eigenvalue weighted by Gasteiger charge is -2.54. The van der Waals surface area contributed by atoms with Gasteiger partial charge in [-0.25, -0.2) is 0 Å². The minimum absolute atomic E-state index is 0.0216. The molecule has 1 spiro atoms. The Kier molecular flexibility index (Phi) is 3.64. The van der Waals surface area contributed by atoms with Crippen molar-refractivity contribution in [3.05, 3.63) is 35.9 Å². The molecule has 3 rings (SSSR count). The Morgan fingerprint density at radius 2 is 1.79 bits per heavy atom. The molecular weight excluding hydrogens is 234 g/mol. The molecule has 0 aliphatic heterocycles. The van der Waals surface area contributed by atoms with E-state index in [-0.39, 0.29) is 6.10 Å². The van der Waals surface area contributed by atoms with Gasteiger partial charge in [-0.1, -0.05) is 30.3 Å². The van der Waals surface area contributed by atoms with Crippen molar-refractivity contribution in [3.8, 4) is 0 Å². The summed E-state index contributed by atoms with van der Waals surface area (Å²) in [5, 5.41) is 9.62. The summed E-state index contributed by atoms with van der Waals surface area (Å²) in [6.45, 7) is 1.06. The third-order valence-electron chi connectivity index (χ3n) is 5.25. The highest BCUT2D eigenvalue weighted by Crippen LogP contribution is 2.53. The first-order valence-electron chi connectivity index (χ1n) is 7.59. The molecule has 1 aromatic rings. The molecule has 2 heteroatoms. The van der Waals surface area contributed by atoms with Crippen molar-refractivity contribution in [2.75, 3.05) is 7.05 Å². The fraction of sp³-hybridized carbons (Fsp3) is 0.647. The molecular formula is C17H25NO. The van der Waals surface area contributed by atoms with E-state index >= 15 is 0 Å². The van der Waals surface area contributed by atoms with E-state index < -0.39 is 0 Å². The first-order valence-corrected chi connectivity index (χ1v) is 7.59. The molecule has 1 N–H and O–H groups in total. The fourth-order valence-corrected chi connectivity index (χ4v) is 3.88. The maximum absolute atomic E-state index is 9.62. The number of nitrogens with zero attached hydrogens (tertiary/aromatic N) is 1. The normalized spacial score (nSPS) is 34.5. The molecule has 2 aliphatic rings. The summed E-state index contributed by atoms with van der Waals surface area (Å²) in [6.07, 6.45) is 7.18. The Bertz CT molecular complexity index is 401. The molecule has 1 aromatic carbocycles. The number of hydrogen-bond donors (Lipinski definition) is 1. The Labute approximate surface area is 116 Å². The summed E-state index contributed by atoms with van der Waals surface area (Å²) in [5.74, 6) is 0. The second kappa shape index (κ2) is 5.26. The minimum atomic E-state index is -0.0216. The summed E-state index contributed by atoms with van der Waals surface area (Å²) in [7, 11) is 2.25. The molecule has 0 aromatic heterocycles. The molecule has 19 heavy (non-hydrogen) atoms. The van der Waals surface area contributed by atoms with Crippen molar-refractivity contribution in [2.24, 2.45) is 5.41 Å². The van der Waals surface area contributed by atoms with Gasteiger partial charge in [0.1, 0.15) is 0 Å². The van der Waals surface area contributed by atoms with E-state index in [9.17, 15) is 5.11 Å². The smallest absolute Gasteiger partial charge is 0.0540 e. The quantitative estimate of drug-likeness (QED) is 0.901. The standard InChI is InChI=1S/C17H25NO/c1-18(13-14-5-3-2-4-6-14)15-11-17(12-15)9-7-16(19)8-10-17/h2-6,15-16,19H,7-13H2,1H3. The van der Waals surface area contributed by atoms with Crippen LogP contribution in [0.25, 0.3) is 0 Å². The van der Waals surface area contributed by atoms with Crippen LogP contribution in [0.15, 0.2) is 30.3 Å². The monoisotopic (exact) mass is 259 g/mol. The van der Waals surface area contributed by atoms with Gasteiger partial charge in [-0.2, -0.15) is 0 Å². The number of hydrogen-bond acceptors (Lipinski definition) is 2. The van der Waals surface area contributed by atoms with Gasteiger partial charge >= 0.3 is 0 Å². The highest BCUT2D eigenvalue weighted by atomic mass is 16.3. The Morgan fingerprint density at radius 3 is 2.42 bits per heavy atom. The molecule has 0 unspecified atom stereocenters. The lowest BCUT2D eigenvalue weighted by molar-refractivity contribution is -0.0448. The maximum atomic E-state index is 9.62. The summed E-state index contributed by atoms with van der Waals surface area (Å²) in [6, 6.07) is 11.5. The molecule has 2 saturated carbocycles. The zero-order valence-electron chi connectivity index (χ0n) is 11.9. The molecule has 0 saturated heterocycles. The molecule has 0 heterocycles. The van der Waals surface area contributed by atoms with Crippen molar-refractivity contribution < 1.29 is 5.11 Å². The van der Waals surface area contributed by atoms with Crippen molar-refractivity contribution in [1.29, 1.82) is 0 Å². The first kappa shape index (κ1) is 13.1. The van der Waals surface area contributed by atoms with Crippen molar-refractivity contribution >= 4 is 0 Å². The van der Waals surface area contributed by atoms with Crippen LogP contribution in [0, 0.1) is 5.41 Å². The van der Waals surface area contributed by atoms with Crippen LogP contribution in [-0.2, 0) is 6.54 Å². The predicted octanol–water partition coefficient (Wildman–Crippen LogP) is 3.20. The van der Waals surface area contributed by atoms with E-state index in [2.05, 4.69) is 42.3 Å². The van der Waals surface area contributed by atoms with Gasteiger partial charge in [0, 0.05) is 12.6 Å². The van der Waals surface area contributed by atoms with E-state index in [4.69, 9.17) is 0 Å². The average molecular weight is 259 g/mol. The molecule has 104 valence electrons. The Hall–Kier alpha value is -0.860. The highest BCUT2D eigenvalue weighted by molar-refractivity contribution is 5.15. The van der Waals surface area contributed by atoms with Gasteiger partial charge in [0.2, 0.25) is 0 Å². The lowest BCUT2D eigenvalue weighted by atomic mass is 9.57. The van der Waals surface area contributed by atoms with Crippen LogP contribution in [0.3, 0.4) is 0 Å². The van der Waals surface area contributed by atoms with Gasteiger partial charge in [0.25, 0.3) is 0 Å². The van der Waals surface area contributed by atoms with Crippen LogP contribution in [0.4, 0.5) is 0 Å². The van der Waals surface area contributed by atoms with Gasteiger partial charge < -0.3 is 5.11 Å². The largest absolute Gasteiger partial charge is 0.393 e. The fourth-order valence-electron chi connectivity index (χ4n) is 3.88. The topological polar surface area (TPSA) is 23.5 Å². The number of benzene rings is 1. The minimum Gasteiger partial charge on any atom is -0.393 e. The van der Waals surface area contributed by atoms with Crippen LogP contribution < -0.4 is 0 Å². The Morgan fingerprint density at radius 1 is 1.16 bits per heavy atom. The second-order valence-corrected chi connectivity index (χ2v) is 6.69. The van der Waals surface area contributed by atoms with Crippen molar-refractivity contribution in [2.45, 2.75) is 57.2 Å². The molecule has 2 aliphatic carbocycles. The van der Waals surface area contributed by atoms with E-state index in [1.165, 1.54) is 31.2 Å². The zero-order valence-corrected chi connectivity index (χ0v) is 11.9. The summed E-state index contributed by atoms with van der Waals surface area (Å²) in [5.41, 5.74) is 1.99. The van der Waals surface area contributed by atoms with Crippen LogP contribution in [0.2, 0.25) is 0 Å². The maximum Gasteiger partial charge on any atom is 0.0540 e. The zero-order chi connectivity index (χ0) is 13.3. The van der Waals surface area contributed by atoms with Gasteiger partial charge in [-0.15, -0.1) is 0 Å². The predicted molar refractivity (Wildman–Crippen MR) is 77.8 cm³/mol. The molecule has 0 amide bonds. The molecule has 0 radical (unpaired) electrons. The first-order chi connectivity index (χ1) is 9.17. The summed E-state index contributed by atoms with van der Waals surface area (Å²) in [4.78, 5) is 2.51. The third-order valence-corrected chi connectivity index (χ3v) is 5.25. The second-order valence-electron chi connectivity index (χ2n) is 6.69. The number of aliphatic hydroxyl groups is 1. The van der Waals surface area contributed by atoms with E-state index in [0.717, 1.165) is 25.4 Å². The SMILES string of the molecule is CN(Cc1ccccc1)C1CC2(CCC(O)CC2)C1. The molecule has 2 nitrogen and oxygen atoms in total. The lowest BCUT2D eigenvalue weighted by Crippen LogP contribution is -2.51. The van der Waals surface area contributed by atoms with Crippen LogP contribution in [0.1, 0.15) is 44.1 Å². The number of rotatable bonds is 3. The third kappa shape index (κ3) is 2.85. The van der Waals surface area contributed by atoms with Gasteiger partial charge in [0.15, 0.2) is 0 Å². The molecule has 0 atom stereocenters. The summed E-state index contributed by atoms with van der Waals surface area (Å²) < 4.78 is 0. The van der Waals surface area contributed by atoms with E-state index in [1.807, 2.05) is 0 Å². The van der Waals surface area contributed by atoms with Gasteiger partial charge in [-0.05, 0) is 56.6 Å². The van der Waals surface area contributed by atoms with Gasteiger partial charge in [-0.3, -0.25) is 4.90 Å². The van der Waals surface area contributed by atoms with E-state index in [0.29, 0.717) is 5.41 Å². The summed E-state index contributed by atoms with van der Waals surface area (Å²) >= 11 is 0. The molecule has 0 bridgehead atoms. The highest BCUT2D eigenvalue weighted by Gasteiger charge is 2.46. The Balaban J connectivity index is 1.50. The number of aliphatic hydroxyl groups excluding tert-OH is 1. The van der Waals surface area contributed by atoms with Gasteiger partial charge in [0.05, 0.1) is 6.10 Å². The van der Waals surface area contributed by atoms with Crippen LogP contribution in [0.5, 0.6) is 0 Å². The van der Waals surface area contributed by atoms with Crippen molar-refractivity contribution in [1.82, 2.24) is 4.90 Å². The molecule has 2 fully saturated rings. The van der Waals surface area contributed by atoms with Crippen LogP contribution in [-0.4, -0.2) is 29.2 Å². The van der Waals surface area contributed by atoms with E-state index in [1.54, 1.807) is 0 Å².